The van der Waals surface area contributed by atoms with Crippen molar-refractivity contribution in [3.05, 3.63) is 34.1 Å². The van der Waals surface area contributed by atoms with Gasteiger partial charge in [-0.25, -0.2) is 4.39 Å². The molecular formula is C15H20BrFN2O. The topological polar surface area (TPSA) is 32.3 Å². The molecule has 1 aliphatic heterocycles. The third-order valence-electron chi connectivity index (χ3n) is 3.87. The fraction of sp³-hybridized carbons (Fsp3) is 0.533. The maximum atomic E-state index is 13.4. The molecule has 5 heteroatoms. The van der Waals surface area contributed by atoms with Gasteiger partial charge in [-0.15, -0.1) is 0 Å². The van der Waals surface area contributed by atoms with Crippen molar-refractivity contribution in [2.24, 2.45) is 5.92 Å². The first-order chi connectivity index (χ1) is 9.58. The van der Waals surface area contributed by atoms with Crippen molar-refractivity contribution in [1.82, 2.24) is 10.2 Å². The smallest absolute Gasteiger partial charge is 0.252 e. The van der Waals surface area contributed by atoms with Gasteiger partial charge in [-0.1, -0.05) is 6.07 Å². The standard InChI is InChI=1S/C15H20BrFN2O/c1-19-9-6-11(7-10-19)5-8-18-15(20)12-3-2-4-13(17)14(12)16/h2-4,11H,5-10H2,1H3,(H,18,20). The molecule has 1 aromatic rings. The molecule has 0 unspecified atom stereocenters. The number of hydrogen-bond acceptors (Lipinski definition) is 2. The van der Waals surface area contributed by atoms with Crippen molar-refractivity contribution in [2.45, 2.75) is 19.3 Å². The Hall–Kier alpha value is -0.940. The Morgan fingerprint density at radius 2 is 2.15 bits per heavy atom. The van der Waals surface area contributed by atoms with E-state index in [2.05, 4.69) is 33.2 Å². The number of carbonyl (C=O) groups is 1. The van der Waals surface area contributed by atoms with Gasteiger partial charge in [-0.3, -0.25) is 4.79 Å². The lowest BCUT2D eigenvalue weighted by Crippen LogP contribution is -2.32. The maximum Gasteiger partial charge on any atom is 0.252 e. The van der Waals surface area contributed by atoms with Gasteiger partial charge in [0.1, 0.15) is 5.82 Å². The molecule has 1 amide bonds. The maximum absolute atomic E-state index is 13.4. The predicted molar refractivity (Wildman–Crippen MR) is 81.3 cm³/mol. The summed E-state index contributed by atoms with van der Waals surface area (Å²) in [4.78, 5) is 14.3. The fourth-order valence-electron chi connectivity index (χ4n) is 2.51. The van der Waals surface area contributed by atoms with Crippen LogP contribution in [0.1, 0.15) is 29.6 Å². The van der Waals surface area contributed by atoms with Crippen LogP contribution < -0.4 is 5.32 Å². The third kappa shape index (κ3) is 4.03. The highest BCUT2D eigenvalue weighted by atomic mass is 79.9. The minimum Gasteiger partial charge on any atom is -0.352 e. The highest BCUT2D eigenvalue weighted by Gasteiger charge is 2.17. The number of rotatable bonds is 4. The highest BCUT2D eigenvalue weighted by Crippen LogP contribution is 2.21. The van der Waals surface area contributed by atoms with E-state index < -0.39 is 5.82 Å². The molecule has 0 bridgehead atoms. The summed E-state index contributed by atoms with van der Waals surface area (Å²) in [6.45, 7) is 2.91. The number of piperidine rings is 1. The van der Waals surface area contributed by atoms with E-state index in [0.29, 0.717) is 18.0 Å². The molecule has 1 aromatic carbocycles. The number of nitrogens with one attached hydrogen (secondary N) is 1. The minimum atomic E-state index is -0.409. The zero-order valence-electron chi connectivity index (χ0n) is 11.7. The molecule has 110 valence electrons. The quantitative estimate of drug-likeness (QED) is 0.911. The van der Waals surface area contributed by atoms with E-state index >= 15 is 0 Å². The Kier molecular flexibility index (Phi) is 5.54. The van der Waals surface area contributed by atoms with Gasteiger partial charge >= 0.3 is 0 Å². The molecule has 0 atom stereocenters. The molecule has 3 nitrogen and oxygen atoms in total. The van der Waals surface area contributed by atoms with E-state index in [1.165, 1.54) is 18.9 Å². The molecule has 1 N–H and O–H groups in total. The van der Waals surface area contributed by atoms with Crippen LogP contribution in [0.15, 0.2) is 22.7 Å². The van der Waals surface area contributed by atoms with E-state index in [-0.39, 0.29) is 10.4 Å². The van der Waals surface area contributed by atoms with Crippen molar-refractivity contribution < 1.29 is 9.18 Å². The van der Waals surface area contributed by atoms with Crippen LogP contribution in [-0.4, -0.2) is 37.5 Å². The lowest BCUT2D eigenvalue weighted by Gasteiger charge is -2.28. The second-order valence-electron chi connectivity index (χ2n) is 5.39. The molecular weight excluding hydrogens is 323 g/mol. The van der Waals surface area contributed by atoms with Gasteiger partial charge in [0.2, 0.25) is 0 Å². The molecule has 20 heavy (non-hydrogen) atoms. The normalized spacial score (nSPS) is 17.1. The van der Waals surface area contributed by atoms with Gasteiger partial charge in [0.15, 0.2) is 0 Å². The van der Waals surface area contributed by atoms with E-state index in [4.69, 9.17) is 0 Å². The molecule has 0 spiro atoms. The highest BCUT2D eigenvalue weighted by molar-refractivity contribution is 9.10. The summed E-state index contributed by atoms with van der Waals surface area (Å²) >= 11 is 3.11. The average molecular weight is 343 g/mol. The van der Waals surface area contributed by atoms with Crippen LogP contribution in [0.2, 0.25) is 0 Å². The van der Waals surface area contributed by atoms with E-state index in [9.17, 15) is 9.18 Å². The molecule has 1 fully saturated rings. The van der Waals surface area contributed by atoms with Crippen molar-refractivity contribution >= 4 is 21.8 Å². The average Bonchev–Trinajstić information content (AvgIpc) is 2.44. The van der Waals surface area contributed by atoms with Crippen molar-refractivity contribution in [1.29, 1.82) is 0 Å². The molecule has 1 heterocycles. The van der Waals surface area contributed by atoms with E-state index in [1.54, 1.807) is 12.1 Å². The SMILES string of the molecule is CN1CCC(CCNC(=O)c2cccc(F)c2Br)CC1. The van der Waals surface area contributed by atoms with Crippen LogP contribution in [0, 0.1) is 11.7 Å². The second-order valence-corrected chi connectivity index (χ2v) is 6.19. The molecule has 1 aliphatic rings. The molecule has 0 saturated carbocycles. The number of carbonyl (C=O) groups excluding carboxylic acids is 1. The predicted octanol–water partition coefficient (Wildman–Crippen LogP) is 3.05. The summed E-state index contributed by atoms with van der Waals surface area (Å²) in [5.41, 5.74) is 0.355. The van der Waals surface area contributed by atoms with Crippen LogP contribution in [0.3, 0.4) is 0 Å². The van der Waals surface area contributed by atoms with Gasteiger partial charge in [0.05, 0.1) is 10.0 Å². The summed E-state index contributed by atoms with van der Waals surface area (Å²) < 4.78 is 13.6. The number of halogens is 2. The molecule has 0 aliphatic carbocycles. The molecule has 0 radical (unpaired) electrons. The zero-order chi connectivity index (χ0) is 14.5. The fourth-order valence-corrected chi connectivity index (χ4v) is 2.96. The van der Waals surface area contributed by atoms with Crippen LogP contribution in [0.25, 0.3) is 0 Å². The number of hydrogen-bond donors (Lipinski definition) is 1. The Labute approximate surface area is 127 Å². The number of benzene rings is 1. The Bertz CT molecular complexity index is 473. The number of likely N-dealkylation sites (tertiary alicyclic amines) is 1. The van der Waals surface area contributed by atoms with Crippen molar-refractivity contribution in [2.75, 3.05) is 26.7 Å². The van der Waals surface area contributed by atoms with Crippen LogP contribution >= 0.6 is 15.9 Å². The monoisotopic (exact) mass is 342 g/mol. The lowest BCUT2D eigenvalue weighted by atomic mass is 9.94. The van der Waals surface area contributed by atoms with Crippen LogP contribution in [0.4, 0.5) is 4.39 Å². The van der Waals surface area contributed by atoms with Gasteiger partial charge in [0, 0.05) is 6.54 Å². The Morgan fingerprint density at radius 3 is 2.85 bits per heavy atom. The molecule has 2 rings (SSSR count). The van der Waals surface area contributed by atoms with Crippen molar-refractivity contribution in [3.63, 3.8) is 0 Å². The van der Waals surface area contributed by atoms with Gasteiger partial charge in [0.25, 0.3) is 5.91 Å². The Balaban J connectivity index is 1.79. The minimum absolute atomic E-state index is 0.218. The number of nitrogens with zero attached hydrogens (tertiary/aromatic N) is 1. The van der Waals surface area contributed by atoms with Crippen LogP contribution in [0.5, 0.6) is 0 Å². The van der Waals surface area contributed by atoms with E-state index in [0.717, 1.165) is 19.5 Å². The van der Waals surface area contributed by atoms with Gasteiger partial charge in [-0.2, -0.15) is 0 Å². The first-order valence-corrected chi connectivity index (χ1v) is 7.78. The summed E-state index contributed by atoms with van der Waals surface area (Å²) in [7, 11) is 2.14. The number of amides is 1. The Morgan fingerprint density at radius 1 is 1.45 bits per heavy atom. The summed E-state index contributed by atoms with van der Waals surface area (Å²) in [5.74, 6) is 0.0553. The summed E-state index contributed by atoms with van der Waals surface area (Å²) in [6, 6.07) is 4.50. The van der Waals surface area contributed by atoms with Crippen LogP contribution in [-0.2, 0) is 0 Å². The van der Waals surface area contributed by atoms with Gasteiger partial charge < -0.3 is 10.2 Å². The largest absolute Gasteiger partial charge is 0.352 e. The lowest BCUT2D eigenvalue weighted by molar-refractivity contribution is 0.0947. The van der Waals surface area contributed by atoms with E-state index in [1.807, 2.05) is 0 Å². The summed E-state index contributed by atoms with van der Waals surface area (Å²) in [5, 5.41) is 2.88. The third-order valence-corrected chi connectivity index (χ3v) is 4.68. The summed E-state index contributed by atoms with van der Waals surface area (Å²) in [6.07, 6.45) is 3.37. The first-order valence-electron chi connectivity index (χ1n) is 6.98. The zero-order valence-corrected chi connectivity index (χ0v) is 13.2. The second kappa shape index (κ2) is 7.18. The molecule has 0 aromatic heterocycles. The first kappa shape index (κ1) is 15.4. The molecule has 1 saturated heterocycles. The van der Waals surface area contributed by atoms with Crippen molar-refractivity contribution in [3.8, 4) is 0 Å². The van der Waals surface area contributed by atoms with Gasteiger partial charge in [-0.05, 0) is 73.4 Å².